The lowest BCUT2D eigenvalue weighted by molar-refractivity contribution is 0.0702. The number of aryl methyl sites for hydroxylation is 4. The monoisotopic (exact) mass is 752 g/mol. The van der Waals surface area contributed by atoms with Gasteiger partial charge in [-0.05, 0) is 71.8 Å². The number of fused-ring (bicyclic) bond motifs is 1. The van der Waals surface area contributed by atoms with Crippen LogP contribution in [0, 0.1) is 0 Å². The van der Waals surface area contributed by atoms with Gasteiger partial charge < -0.3 is 29.1 Å². The number of hydrogen-bond acceptors (Lipinski definition) is 8. The molecule has 4 atom stereocenters. The second-order valence-corrected chi connectivity index (χ2v) is 15.2. The van der Waals surface area contributed by atoms with Crippen molar-refractivity contribution < 1.29 is 19.8 Å². The molecule has 0 bridgehead atoms. The van der Waals surface area contributed by atoms with Crippen molar-refractivity contribution in [1.82, 2.24) is 39.3 Å². The van der Waals surface area contributed by atoms with Crippen LogP contribution in [0.2, 0.25) is 0 Å². The lowest BCUT2D eigenvalue weighted by atomic mass is 10.0. The predicted octanol–water partition coefficient (Wildman–Crippen LogP) is 5.34. The summed E-state index contributed by atoms with van der Waals surface area (Å²) in [6.07, 6.45) is 4.68. The molecule has 0 unspecified atom stereocenters. The van der Waals surface area contributed by atoms with Crippen LogP contribution in [0.5, 0.6) is 0 Å². The molecule has 12 nitrogen and oxygen atoms in total. The van der Waals surface area contributed by atoms with Crippen molar-refractivity contribution in [3.05, 3.63) is 143 Å². The summed E-state index contributed by atoms with van der Waals surface area (Å²) >= 11 is 0. The Morgan fingerprint density at radius 1 is 0.571 bits per heavy atom. The Morgan fingerprint density at radius 2 is 0.982 bits per heavy atom. The van der Waals surface area contributed by atoms with E-state index in [0.29, 0.717) is 35.6 Å². The first-order valence-electron chi connectivity index (χ1n) is 19.6. The molecule has 0 spiro atoms. The molecular formula is C44H48N8O4. The summed E-state index contributed by atoms with van der Waals surface area (Å²) in [5.74, 6) is 2.65. The summed E-state index contributed by atoms with van der Waals surface area (Å²) in [5, 5.41) is 41.0. The fraction of sp³-hybridized carbons (Fsp3) is 0.364. The van der Waals surface area contributed by atoms with Crippen LogP contribution in [0.1, 0.15) is 92.9 Å². The van der Waals surface area contributed by atoms with E-state index in [0.717, 1.165) is 60.9 Å². The summed E-state index contributed by atoms with van der Waals surface area (Å²) in [6.45, 7) is 0.406. The molecule has 8 rings (SSSR count). The Morgan fingerprint density at radius 3 is 1.39 bits per heavy atom. The summed E-state index contributed by atoms with van der Waals surface area (Å²) in [5.41, 5.74) is 3.54. The zero-order valence-corrected chi connectivity index (χ0v) is 31.9. The van der Waals surface area contributed by atoms with E-state index in [9.17, 15) is 19.8 Å². The summed E-state index contributed by atoms with van der Waals surface area (Å²) < 4.78 is 3.93. The van der Waals surface area contributed by atoms with Crippen LogP contribution in [-0.2, 0) is 39.8 Å². The maximum Gasteiger partial charge on any atom is 0.254 e. The SMILES string of the molecule is Cn1c(CCCc2ccccc2)nnc1[C@@H]1C[C@@H](O)CN1C(=O)c1ccc2cc(C(=O)N3C[C@H](O)C[C@H]3c3nnc(CCCc4ccccc4)n3C)ccc2c1. The number of likely N-dealkylation sites (tertiary alicyclic amines) is 2. The second-order valence-electron chi connectivity index (χ2n) is 15.2. The molecule has 12 heteroatoms. The van der Waals surface area contributed by atoms with Crippen LogP contribution < -0.4 is 0 Å². The number of nitrogens with zero attached hydrogens (tertiary/aromatic N) is 8. The highest BCUT2D eigenvalue weighted by molar-refractivity contribution is 6.02. The number of benzene rings is 4. The predicted molar refractivity (Wildman–Crippen MR) is 212 cm³/mol. The van der Waals surface area contributed by atoms with Gasteiger partial charge in [0.05, 0.1) is 24.3 Å². The highest BCUT2D eigenvalue weighted by Gasteiger charge is 2.40. The summed E-state index contributed by atoms with van der Waals surface area (Å²) in [4.78, 5) is 31.5. The summed E-state index contributed by atoms with van der Waals surface area (Å²) in [6, 6.07) is 30.8. The van der Waals surface area contributed by atoms with Gasteiger partial charge in [-0.1, -0.05) is 72.8 Å². The van der Waals surface area contributed by atoms with Crippen molar-refractivity contribution in [2.45, 2.75) is 75.7 Å². The van der Waals surface area contributed by atoms with E-state index < -0.39 is 24.3 Å². The van der Waals surface area contributed by atoms with Gasteiger partial charge in [-0.15, -0.1) is 20.4 Å². The lowest BCUT2D eigenvalue weighted by Gasteiger charge is -2.24. The lowest BCUT2D eigenvalue weighted by Crippen LogP contribution is -2.33. The van der Waals surface area contributed by atoms with E-state index in [4.69, 9.17) is 0 Å². The molecule has 2 N–H and O–H groups in total. The topological polar surface area (TPSA) is 142 Å². The van der Waals surface area contributed by atoms with E-state index in [2.05, 4.69) is 44.7 Å². The van der Waals surface area contributed by atoms with Gasteiger partial charge in [0, 0.05) is 64.0 Å². The normalized spacial score (nSPS) is 19.6. The van der Waals surface area contributed by atoms with Crippen LogP contribution in [-0.4, -0.2) is 86.7 Å². The minimum Gasteiger partial charge on any atom is -0.391 e. The standard InChI is InChI=1S/C44H48N8O4/c1-49-39(17-9-15-29-11-5-3-6-12-29)45-47-41(49)37-25-35(53)27-51(37)43(55)33-21-19-32-24-34(22-20-31(32)23-33)44(56)52-28-36(54)26-38(52)42-48-46-40(50(42)2)18-10-16-30-13-7-4-8-14-30/h3-8,11-14,19-24,35-38,53-54H,9-10,15-18,25-28H2,1-2H3/t35-,36-,37+,38+/m1/s1. The van der Waals surface area contributed by atoms with Crippen molar-refractivity contribution in [3.8, 4) is 0 Å². The fourth-order valence-corrected chi connectivity index (χ4v) is 8.37. The van der Waals surface area contributed by atoms with E-state index in [1.807, 2.05) is 83.9 Å². The average Bonchev–Trinajstić information content (AvgIpc) is 3.99. The first-order chi connectivity index (χ1) is 27.2. The smallest absolute Gasteiger partial charge is 0.254 e. The van der Waals surface area contributed by atoms with Crippen molar-refractivity contribution in [3.63, 3.8) is 0 Å². The molecule has 4 aromatic carbocycles. The highest BCUT2D eigenvalue weighted by atomic mass is 16.3. The van der Waals surface area contributed by atoms with Gasteiger partial charge >= 0.3 is 0 Å². The molecule has 2 amide bonds. The number of β-amino-alcohol motifs (C(OH)–C–C–N with tert-alkyl or cyclic N) is 2. The quantitative estimate of drug-likeness (QED) is 0.171. The van der Waals surface area contributed by atoms with Crippen LogP contribution >= 0.6 is 0 Å². The van der Waals surface area contributed by atoms with Gasteiger partial charge in [-0.2, -0.15) is 0 Å². The molecule has 0 saturated carbocycles. The fourth-order valence-electron chi connectivity index (χ4n) is 8.37. The van der Waals surface area contributed by atoms with Gasteiger partial charge in [0.15, 0.2) is 11.6 Å². The first kappa shape index (κ1) is 37.2. The number of carbonyl (C=O) groups excluding carboxylic acids is 2. The third kappa shape index (κ3) is 7.71. The minimum absolute atomic E-state index is 0.195. The van der Waals surface area contributed by atoms with E-state index in [-0.39, 0.29) is 24.9 Å². The van der Waals surface area contributed by atoms with Crippen molar-refractivity contribution in [2.24, 2.45) is 14.1 Å². The molecule has 2 aliphatic rings. The Balaban J connectivity index is 0.944. The van der Waals surface area contributed by atoms with Gasteiger partial charge in [0.25, 0.3) is 11.8 Å². The molecule has 6 aromatic rings. The van der Waals surface area contributed by atoms with Crippen LogP contribution in [0.25, 0.3) is 10.8 Å². The van der Waals surface area contributed by atoms with Crippen LogP contribution in [0.3, 0.4) is 0 Å². The highest BCUT2D eigenvalue weighted by Crippen LogP contribution is 2.35. The molecule has 288 valence electrons. The Bertz CT molecular complexity index is 2160. The van der Waals surface area contributed by atoms with Crippen LogP contribution in [0.15, 0.2) is 97.1 Å². The van der Waals surface area contributed by atoms with Crippen molar-refractivity contribution in [1.29, 1.82) is 0 Å². The number of aliphatic hydroxyl groups is 2. The molecule has 4 heterocycles. The Kier molecular flexibility index (Phi) is 10.7. The first-order valence-corrected chi connectivity index (χ1v) is 19.6. The Labute approximate surface area is 326 Å². The number of hydrogen-bond donors (Lipinski definition) is 2. The molecular weight excluding hydrogens is 705 g/mol. The second kappa shape index (κ2) is 16.2. The molecule has 56 heavy (non-hydrogen) atoms. The number of amides is 2. The van der Waals surface area contributed by atoms with Gasteiger partial charge in [-0.25, -0.2) is 0 Å². The third-order valence-electron chi connectivity index (χ3n) is 11.4. The molecule has 0 radical (unpaired) electrons. The van der Waals surface area contributed by atoms with Crippen LogP contribution in [0.4, 0.5) is 0 Å². The maximum absolute atomic E-state index is 14.0. The number of aromatic nitrogens is 6. The molecule has 2 saturated heterocycles. The molecule has 2 fully saturated rings. The zero-order chi connectivity index (χ0) is 38.8. The average molecular weight is 753 g/mol. The number of carbonyl (C=O) groups is 2. The van der Waals surface area contributed by atoms with Gasteiger partial charge in [0.1, 0.15) is 11.6 Å². The zero-order valence-electron chi connectivity index (χ0n) is 31.9. The molecule has 2 aliphatic heterocycles. The molecule has 0 aliphatic carbocycles. The number of rotatable bonds is 12. The number of aliphatic hydroxyl groups excluding tert-OH is 2. The van der Waals surface area contributed by atoms with Gasteiger partial charge in [0.2, 0.25) is 0 Å². The Hall–Kier alpha value is -5.72. The maximum atomic E-state index is 14.0. The van der Waals surface area contributed by atoms with E-state index in [1.165, 1.54) is 11.1 Å². The summed E-state index contributed by atoms with van der Waals surface area (Å²) in [7, 11) is 3.86. The van der Waals surface area contributed by atoms with E-state index in [1.54, 1.807) is 21.9 Å². The van der Waals surface area contributed by atoms with E-state index >= 15 is 0 Å². The minimum atomic E-state index is -0.670. The largest absolute Gasteiger partial charge is 0.391 e. The van der Waals surface area contributed by atoms with Crippen molar-refractivity contribution in [2.75, 3.05) is 13.1 Å². The third-order valence-corrected chi connectivity index (χ3v) is 11.4. The van der Waals surface area contributed by atoms with Gasteiger partial charge in [-0.3, -0.25) is 9.59 Å². The molecule has 2 aromatic heterocycles. The van der Waals surface area contributed by atoms with Crippen molar-refractivity contribution >= 4 is 22.6 Å².